The van der Waals surface area contributed by atoms with E-state index < -0.39 is 0 Å². The number of hydrogen-bond acceptors (Lipinski definition) is 6. The molecule has 8 heteroatoms. The van der Waals surface area contributed by atoms with Crippen LogP contribution in [0.3, 0.4) is 0 Å². The summed E-state index contributed by atoms with van der Waals surface area (Å²) in [6.07, 6.45) is 7.44. The fourth-order valence-corrected chi connectivity index (χ4v) is 6.22. The second-order valence-electron chi connectivity index (χ2n) is 8.74. The SMILES string of the molecule is O=C(Cc1sc2c(c1C(=O)NCC1CCCO1)CCCC2)Cn1c(=O)cnc2ccccc21. The van der Waals surface area contributed by atoms with Gasteiger partial charge in [-0.1, -0.05) is 12.1 Å². The molecule has 1 aromatic carbocycles. The molecular weight excluding hydrogens is 438 g/mol. The summed E-state index contributed by atoms with van der Waals surface area (Å²) in [6, 6.07) is 7.29. The van der Waals surface area contributed by atoms with Crippen molar-refractivity contribution in [2.24, 2.45) is 0 Å². The smallest absolute Gasteiger partial charge is 0.269 e. The number of aryl methyl sites for hydroxylation is 1. The van der Waals surface area contributed by atoms with Crippen molar-refractivity contribution < 1.29 is 14.3 Å². The first-order valence-electron chi connectivity index (χ1n) is 11.6. The van der Waals surface area contributed by atoms with E-state index in [1.807, 2.05) is 18.2 Å². The average molecular weight is 466 g/mol. The van der Waals surface area contributed by atoms with Gasteiger partial charge in [0.05, 0.1) is 35.4 Å². The first-order valence-corrected chi connectivity index (χ1v) is 12.4. The summed E-state index contributed by atoms with van der Waals surface area (Å²) in [5.41, 5.74) is 2.78. The molecule has 3 heterocycles. The molecule has 1 saturated heterocycles. The quantitative estimate of drug-likeness (QED) is 0.579. The Bertz CT molecular complexity index is 1260. The maximum absolute atomic E-state index is 13.2. The third-order valence-electron chi connectivity index (χ3n) is 6.43. The monoisotopic (exact) mass is 465 g/mol. The van der Waals surface area contributed by atoms with E-state index >= 15 is 0 Å². The van der Waals surface area contributed by atoms with E-state index in [0.29, 0.717) is 23.1 Å². The van der Waals surface area contributed by atoms with Crippen LogP contribution in [0.4, 0.5) is 0 Å². The molecule has 1 amide bonds. The Kier molecular flexibility index (Phi) is 6.37. The van der Waals surface area contributed by atoms with E-state index in [1.165, 1.54) is 15.6 Å². The maximum atomic E-state index is 13.2. The summed E-state index contributed by atoms with van der Waals surface area (Å²) in [7, 11) is 0. The lowest BCUT2D eigenvalue weighted by Gasteiger charge is -2.15. The van der Waals surface area contributed by atoms with Crippen LogP contribution in [0.1, 0.15) is 51.4 Å². The van der Waals surface area contributed by atoms with E-state index in [-0.39, 0.29) is 36.3 Å². The van der Waals surface area contributed by atoms with Gasteiger partial charge in [-0.05, 0) is 56.2 Å². The van der Waals surface area contributed by atoms with E-state index in [2.05, 4.69) is 10.3 Å². The summed E-state index contributed by atoms with van der Waals surface area (Å²) < 4.78 is 7.10. The van der Waals surface area contributed by atoms with Crippen LogP contribution in [0.15, 0.2) is 35.3 Å². The molecule has 0 bridgehead atoms. The Labute approximate surface area is 195 Å². The van der Waals surface area contributed by atoms with Crippen molar-refractivity contribution in [3.05, 3.63) is 61.7 Å². The normalized spacial score (nSPS) is 17.8. The van der Waals surface area contributed by atoms with Gasteiger partial charge >= 0.3 is 0 Å². The van der Waals surface area contributed by atoms with Gasteiger partial charge in [0.2, 0.25) is 0 Å². The number of nitrogens with zero attached hydrogens (tertiary/aromatic N) is 2. The predicted molar refractivity (Wildman–Crippen MR) is 127 cm³/mol. The van der Waals surface area contributed by atoms with E-state index in [4.69, 9.17) is 4.74 Å². The first-order chi connectivity index (χ1) is 16.1. The van der Waals surface area contributed by atoms with Gasteiger partial charge in [0, 0.05) is 29.3 Å². The summed E-state index contributed by atoms with van der Waals surface area (Å²) in [5, 5.41) is 3.04. The Morgan fingerprint density at radius 1 is 1.18 bits per heavy atom. The molecule has 3 aromatic rings. The standard InChI is InChI=1S/C25H27N3O4S/c29-16(15-28-20-9-3-2-8-19(20)26-14-23(28)30)12-22-24(18-7-1-4-10-21(18)33-22)25(31)27-13-17-6-5-11-32-17/h2-3,8-9,14,17H,1,4-7,10-13,15H2,(H,27,31). The van der Waals surface area contributed by atoms with Crippen molar-refractivity contribution in [2.75, 3.05) is 13.2 Å². The summed E-state index contributed by atoms with van der Waals surface area (Å²) in [4.78, 5) is 44.9. The number of ketones is 1. The number of thiophene rings is 1. The molecule has 0 saturated carbocycles. The zero-order valence-electron chi connectivity index (χ0n) is 18.5. The number of amides is 1. The topological polar surface area (TPSA) is 90.3 Å². The third kappa shape index (κ3) is 4.63. The first kappa shape index (κ1) is 22.0. The van der Waals surface area contributed by atoms with Crippen molar-refractivity contribution in [3.8, 4) is 0 Å². The van der Waals surface area contributed by atoms with Gasteiger partial charge in [-0.15, -0.1) is 11.3 Å². The lowest BCUT2D eigenvalue weighted by molar-refractivity contribution is -0.118. The summed E-state index contributed by atoms with van der Waals surface area (Å²) in [6.45, 7) is 1.20. The fourth-order valence-electron chi connectivity index (χ4n) is 4.80. The molecular formula is C25H27N3O4S. The van der Waals surface area contributed by atoms with Crippen molar-refractivity contribution in [2.45, 2.75) is 57.6 Å². The van der Waals surface area contributed by atoms with Gasteiger partial charge in [0.1, 0.15) is 0 Å². The van der Waals surface area contributed by atoms with Crippen molar-refractivity contribution in [1.82, 2.24) is 14.9 Å². The molecule has 5 rings (SSSR count). The molecule has 7 nitrogen and oxygen atoms in total. The van der Waals surface area contributed by atoms with Crippen LogP contribution in [-0.4, -0.2) is 40.5 Å². The Morgan fingerprint density at radius 3 is 2.88 bits per heavy atom. The average Bonchev–Trinajstić information content (AvgIpc) is 3.47. The molecule has 1 N–H and O–H groups in total. The minimum atomic E-state index is -0.304. The largest absolute Gasteiger partial charge is 0.376 e. The van der Waals surface area contributed by atoms with Crippen LogP contribution in [0, 0.1) is 0 Å². The number of carbonyl (C=O) groups is 2. The van der Waals surface area contributed by atoms with Crippen LogP contribution in [0.5, 0.6) is 0 Å². The number of carbonyl (C=O) groups excluding carboxylic acids is 2. The molecule has 33 heavy (non-hydrogen) atoms. The Morgan fingerprint density at radius 2 is 2.03 bits per heavy atom. The van der Waals surface area contributed by atoms with Crippen molar-refractivity contribution in [1.29, 1.82) is 0 Å². The van der Waals surface area contributed by atoms with Gasteiger partial charge in [0.25, 0.3) is 11.5 Å². The van der Waals surface area contributed by atoms with Crippen LogP contribution in [-0.2, 0) is 35.3 Å². The second kappa shape index (κ2) is 9.57. The summed E-state index contributed by atoms with van der Waals surface area (Å²) in [5.74, 6) is -0.209. The molecule has 1 unspecified atom stereocenters. The maximum Gasteiger partial charge on any atom is 0.269 e. The fraction of sp³-hybridized carbons (Fsp3) is 0.440. The number of nitrogens with one attached hydrogen (secondary N) is 1. The molecule has 0 radical (unpaired) electrons. The predicted octanol–water partition coefficient (Wildman–Crippen LogP) is 3.06. The zero-order valence-corrected chi connectivity index (χ0v) is 19.3. The lowest BCUT2D eigenvalue weighted by atomic mass is 9.93. The second-order valence-corrected chi connectivity index (χ2v) is 9.93. The molecule has 2 aliphatic rings. The summed E-state index contributed by atoms with van der Waals surface area (Å²) >= 11 is 1.58. The lowest BCUT2D eigenvalue weighted by Crippen LogP contribution is -2.33. The Hall–Kier alpha value is -2.84. The van der Waals surface area contributed by atoms with Gasteiger partial charge in [-0.3, -0.25) is 19.0 Å². The van der Waals surface area contributed by atoms with E-state index in [1.54, 1.807) is 17.4 Å². The minimum Gasteiger partial charge on any atom is -0.376 e. The highest BCUT2D eigenvalue weighted by Crippen LogP contribution is 2.35. The van der Waals surface area contributed by atoms with Crippen LogP contribution in [0.2, 0.25) is 0 Å². The highest BCUT2D eigenvalue weighted by Gasteiger charge is 2.27. The van der Waals surface area contributed by atoms with E-state index in [9.17, 15) is 14.4 Å². The minimum absolute atomic E-state index is 0.0403. The molecule has 1 aliphatic heterocycles. The highest BCUT2D eigenvalue weighted by molar-refractivity contribution is 7.12. The molecule has 1 fully saturated rings. The number of hydrogen-bond donors (Lipinski definition) is 1. The van der Waals surface area contributed by atoms with Crippen molar-refractivity contribution >= 4 is 34.1 Å². The molecule has 0 spiro atoms. The van der Waals surface area contributed by atoms with Gasteiger partial charge in [0.15, 0.2) is 5.78 Å². The van der Waals surface area contributed by atoms with E-state index in [0.717, 1.165) is 55.6 Å². The van der Waals surface area contributed by atoms with Crippen LogP contribution < -0.4 is 10.9 Å². The zero-order chi connectivity index (χ0) is 22.8. The number of benzene rings is 1. The van der Waals surface area contributed by atoms with Crippen LogP contribution >= 0.6 is 11.3 Å². The molecule has 2 aromatic heterocycles. The molecule has 1 aliphatic carbocycles. The highest BCUT2D eigenvalue weighted by atomic mass is 32.1. The number of ether oxygens (including phenoxy) is 1. The third-order valence-corrected chi connectivity index (χ3v) is 7.72. The Balaban J connectivity index is 1.38. The molecule has 1 atom stereocenters. The van der Waals surface area contributed by atoms with Gasteiger partial charge in [-0.25, -0.2) is 4.98 Å². The number of para-hydroxylation sites is 2. The number of rotatable bonds is 7. The van der Waals surface area contributed by atoms with Gasteiger partial charge < -0.3 is 10.1 Å². The number of Topliss-reactive ketones (excluding diaryl/α,β-unsaturated/α-hetero) is 1. The number of aromatic nitrogens is 2. The van der Waals surface area contributed by atoms with Gasteiger partial charge in [-0.2, -0.15) is 0 Å². The van der Waals surface area contributed by atoms with Crippen molar-refractivity contribution in [3.63, 3.8) is 0 Å². The van der Waals surface area contributed by atoms with Crippen LogP contribution in [0.25, 0.3) is 11.0 Å². The number of fused-ring (bicyclic) bond motifs is 2. The molecule has 172 valence electrons.